The number of hydrogen-bond acceptors (Lipinski definition) is 5. The average Bonchev–Trinajstić information content (AvgIpc) is 3.21. The van der Waals surface area contributed by atoms with Crippen LogP contribution < -0.4 is 20.7 Å². The third kappa shape index (κ3) is 11.6. The molecule has 0 bridgehead atoms. The molecule has 0 aromatic heterocycles. The largest absolute Gasteiger partial charge is 0.492 e. The van der Waals surface area contributed by atoms with Crippen molar-refractivity contribution in [3.05, 3.63) is 24.3 Å². The number of anilines is 1. The summed E-state index contributed by atoms with van der Waals surface area (Å²) in [6.45, 7) is 8.34. The van der Waals surface area contributed by atoms with Crippen molar-refractivity contribution >= 4 is 41.5 Å². The number of halogens is 1. The van der Waals surface area contributed by atoms with Gasteiger partial charge in [0.2, 0.25) is 5.91 Å². The lowest BCUT2D eigenvalue weighted by molar-refractivity contribution is -0.114. The highest BCUT2D eigenvalue weighted by molar-refractivity contribution is 14.0. The molecule has 1 saturated heterocycles. The molecule has 1 fully saturated rings. The van der Waals surface area contributed by atoms with Crippen LogP contribution in [-0.4, -0.2) is 64.0 Å². The smallest absolute Gasteiger partial charge is 0.221 e. The maximum Gasteiger partial charge on any atom is 0.221 e. The minimum absolute atomic E-state index is 0. The number of nitrogens with one attached hydrogen (secondary N) is 3. The lowest BCUT2D eigenvalue weighted by atomic mass is 10.2. The molecule has 1 aromatic carbocycles. The second kappa shape index (κ2) is 16.1. The summed E-state index contributed by atoms with van der Waals surface area (Å²) >= 11 is 0. The van der Waals surface area contributed by atoms with Crippen LogP contribution in [0.5, 0.6) is 5.75 Å². The summed E-state index contributed by atoms with van der Waals surface area (Å²) in [7, 11) is 0. The number of aliphatic imine (C=N–C) groups is 1. The van der Waals surface area contributed by atoms with E-state index in [1.165, 1.54) is 6.92 Å². The van der Waals surface area contributed by atoms with Gasteiger partial charge in [0.1, 0.15) is 12.4 Å². The number of hydrogen-bond donors (Lipinski definition) is 3. The number of rotatable bonds is 12. The molecule has 30 heavy (non-hydrogen) atoms. The Bertz CT molecular complexity index is 639. The number of ether oxygens (including phenoxy) is 3. The Morgan fingerprint density at radius 3 is 2.90 bits per heavy atom. The van der Waals surface area contributed by atoms with Crippen molar-refractivity contribution in [1.29, 1.82) is 0 Å². The first-order valence-corrected chi connectivity index (χ1v) is 10.4. The number of guanidine groups is 1. The molecule has 3 N–H and O–H groups in total. The van der Waals surface area contributed by atoms with E-state index in [2.05, 4.69) is 20.9 Å². The average molecular weight is 534 g/mol. The Labute approximate surface area is 196 Å². The Hall–Kier alpha value is -1.59. The first-order valence-electron chi connectivity index (χ1n) is 10.4. The van der Waals surface area contributed by atoms with Gasteiger partial charge in [-0.2, -0.15) is 0 Å². The summed E-state index contributed by atoms with van der Waals surface area (Å²) in [5, 5.41) is 9.22. The topological polar surface area (TPSA) is 93.2 Å². The molecular weight excluding hydrogens is 499 g/mol. The molecular formula is C21H35IN4O4. The van der Waals surface area contributed by atoms with Gasteiger partial charge in [0.25, 0.3) is 0 Å². The first kappa shape index (κ1) is 26.4. The van der Waals surface area contributed by atoms with Gasteiger partial charge in [-0.25, -0.2) is 0 Å². The molecule has 0 saturated carbocycles. The molecule has 1 aromatic rings. The molecule has 1 amide bonds. The Morgan fingerprint density at radius 1 is 1.30 bits per heavy atom. The number of carbonyl (C=O) groups is 1. The van der Waals surface area contributed by atoms with E-state index in [-0.39, 0.29) is 36.0 Å². The fourth-order valence-corrected chi connectivity index (χ4v) is 2.89. The van der Waals surface area contributed by atoms with Crippen LogP contribution in [0, 0.1) is 0 Å². The van der Waals surface area contributed by atoms with E-state index in [0.29, 0.717) is 38.7 Å². The van der Waals surface area contributed by atoms with Crippen LogP contribution in [0.15, 0.2) is 29.3 Å². The second-order valence-corrected chi connectivity index (χ2v) is 6.81. The molecule has 0 spiro atoms. The van der Waals surface area contributed by atoms with Crippen molar-refractivity contribution in [2.75, 3.05) is 51.4 Å². The summed E-state index contributed by atoms with van der Waals surface area (Å²) in [4.78, 5) is 15.7. The second-order valence-electron chi connectivity index (χ2n) is 6.81. The molecule has 8 nitrogen and oxygen atoms in total. The zero-order chi connectivity index (χ0) is 20.7. The van der Waals surface area contributed by atoms with Crippen molar-refractivity contribution < 1.29 is 19.0 Å². The van der Waals surface area contributed by atoms with Gasteiger partial charge in [-0.05, 0) is 38.3 Å². The summed E-state index contributed by atoms with van der Waals surface area (Å²) in [6.07, 6.45) is 3.39. The maximum absolute atomic E-state index is 11.1. The fraction of sp³-hybridized carbons (Fsp3) is 0.619. The van der Waals surface area contributed by atoms with Crippen LogP contribution in [0.3, 0.4) is 0 Å². The van der Waals surface area contributed by atoms with E-state index in [1.807, 2.05) is 25.1 Å². The van der Waals surface area contributed by atoms with Crippen LogP contribution in [0.4, 0.5) is 5.69 Å². The van der Waals surface area contributed by atoms with E-state index in [1.54, 1.807) is 6.07 Å². The molecule has 0 radical (unpaired) electrons. The van der Waals surface area contributed by atoms with Crippen LogP contribution in [0.25, 0.3) is 0 Å². The Morgan fingerprint density at radius 2 is 2.17 bits per heavy atom. The van der Waals surface area contributed by atoms with Crippen molar-refractivity contribution in [3.63, 3.8) is 0 Å². The highest BCUT2D eigenvalue weighted by atomic mass is 127. The minimum atomic E-state index is -0.104. The molecule has 9 heteroatoms. The van der Waals surface area contributed by atoms with Gasteiger partial charge >= 0.3 is 0 Å². The lowest BCUT2D eigenvalue weighted by Crippen LogP contribution is -2.39. The molecule has 1 aliphatic heterocycles. The molecule has 1 aliphatic rings. The number of benzene rings is 1. The molecule has 1 heterocycles. The molecule has 1 atom stereocenters. The van der Waals surface area contributed by atoms with Gasteiger partial charge in [0.05, 0.1) is 19.3 Å². The Kier molecular flexibility index (Phi) is 14.2. The van der Waals surface area contributed by atoms with Gasteiger partial charge in [-0.1, -0.05) is 6.07 Å². The van der Waals surface area contributed by atoms with Crippen molar-refractivity contribution in [2.24, 2.45) is 4.99 Å². The van der Waals surface area contributed by atoms with Gasteiger partial charge in [-0.3, -0.25) is 9.79 Å². The predicted octanol–water partition coefficient (Wildman–Crippen LogP) is 2.78. The van der Waals surface area contributed by atoms with E-state index < -0.39 is 0 Å². The van der Waals surface area contributed by atoms with Gasteiger partial charge < -0.3 is 30.2 Å². The van der Waals surface area contributed by atoms with E-state index in [0.717, 1.165) is 44.1 Å². The van der Waals surface area contributed by atoms with Crippen molar-refractivity contribution in [2.45, 2.75) is 39.2 Å². The van der Waals surface area contributed by atoms with Crippen LogP contribution in [-0.2, 0) is 14.3 Å². The van der Waals surface area contributed by atoms with Gasteiger partial charge in [0, 0.05) is 45.0 Å². The lowest BCUT2D eigenvalue weighted by Gasteiger charge is -2.13. The van der Waals surface area contributed by atoms with Crippen LogP contribution in [0.2, 0.25) is 0 Å². The summed E-state index contributed by atoms with van der Waals surface area (Å²) < 4.78 is 16.9. The standard InChI is InChI=1S/C21H34N4O4.HI/c1-3-22-21(23-10-6-12-27-16-20-9-5-13-28-20)24-11-14-29-19-8-4-7-18(15-19)25-17(2)26;/h4,7-8,15,20H,3,5-6,9-14,16H2,1-2H3,(H,25,26)(H2,22,23,24);1H. The molecule has 1 unspecified atom stereocenters. The Balaban J connectivity index is 0.00000450. The summed E-state index contributed by atoms with van der Waals surface area (Å²) in [5.41, 5.74) is 0.722. The van der Waals surface area contributed by atoms with E-state index in [9.17, 15) is 4.79 Å². The first-order chi connectivity index (χ1) is 14.2. The zero-order valence-corrected chi connectivity index (χ0v) is 20.3. The minimum Gasteiger partial charge on any atom is -0.492 e. The third-order valence-electron chi connectivity index (χ3n) is 4.21. The molecule has 0 aliphatic carbocycles. The van der Waals surface area contributed by atoms with Crippen molar-refractivity contribution in [1.82, 2.24) is 10.6 Å². The predicted molar refractivity (Wildman–Crippen MR) is 130 cm³/mol. The third-order valence-corrected chi connectivity index (χ3v) is 4.21. The maximum atomic E-state index is 11.1. The van der Waals surface area contributed by atoms with Gasteiger partial charge in [0.15, 0.2) is 5.96 Å². The van der Waals surface area contributed by atoms with Gasteiger partial charge in [-0.15, -0.1) is 24.0 Å². The van der Waals surface area contributed by atoms with E-state index in [4.69, 9.17) is 14.2 Å². The number of nitrogens with zero attached hydrogens (tertiary/aromatic N) is 1. The SMILES string of the molecule is CCNC(=NCCCOCC1CCCO1)NCCOc1cccc(NC(C)=O)c1.I. The monoisotopic (exact) mass is 534 g/mol. The molecule has 2 rings (SSSR count). The summed E-state index contributed by atoms with van der Waals surface area (Å²) in [6, 6.07) is 7.34. The molecule has 170 valence electrons. The fourth-order valence-electron chi connectivity index (χ4n) is 2.89. The quantitative estimate of drug-likeness (QED) is 0.165. The summed E-state index contributed by atoms with van der Waals surface area (Å²) in [5.74, 6) is 1.37. The number of carbonyl (C=O) groups excluding carboxylic acids is 1. The van der Waals surface area contributed by atoms with Crippen LogP contribution in [0.1, 0.15) is 33.1 Å². The van der Waals surface area contributed by atoms with E-state index >= 15 is 0 Å². The highest BCUT2D eigenvalue weighted by Gasteiger charge is 2.14. The zero-order valence-electron chi connectivity index (χ0n) is 17.9. The normalized spacial score (nSPS) is 15.9. The number of amides is 1. The highest BCUT2D eigenvalue weighted by Crippen LogP contribution is 2.17. The van der Waals surface area contributed by atoms with Crippen molar-refractivity contribution in [3.8, 4) is 5.75 Å². The van der Waals surface area contributed by atoms with Crippen LogP contribution >= 0.6 is 24.0 Å².